The lowest BCUT2D eigenvalue weighted by Crippen LogP contribution is -2.33. The van der Waals surface area contributed by atoms with Gasteiger partial charge in [-0.3, -0.25) is 5.32 Å². The Morgan fingerprint density at radius 2 is 1.34 bits per heavy atom. The summed E-state index contributed by atoms with van der Waals surface area (Å²) in [7, 11) is 0. The van der Waals surface area contributed by atoms with Gasteiger partial charge in [0, 0.05) is 18.8 Å². The maximum absolute atomic E-state index is 12.5. The van der Waals surface area contributed by atoms with Gasteiger partial charge in [0.1, 0.15) is 13.2 Å². The molecule has 0 radical (unpaired) electrons. The molecule has 164 valence electrons. The van der Waals surface area contributed by atoms with Crippen LogP contribution in [0.15, 0.2) is 78.9 Å². The normalized spacial score (nSPS) is 12.9. The lowest BCUT2D eigenvalue weighted by Gasteiger charge is -2.19. The van der Waals surface area contributed by atoms with Crippen molar-refractivity contribution in [2.24, 2.45) is 0 Å². The second-order valence-corrected chi connectivity index (χ2v) is 7.70. The lowest BCUT2D eigenvalue weighted by atomic mass is 10.0. The standard InChI is InChI=1S/C26H26N2O4/c29-25(31-18-20-7-3-1-4-8-20)27-24-12-11-22-13-15-28(16-14-23(22)17-24)26(30)32-19-21-9-5-2-6-10-21/h1-12,17H,13-16,18-19H2,(H,27,29). The van der Waals surface area contributed by atoms with E-state index in [9.17, 15) is 9.59 Å². The number of carbonyl (C=O) groups excluding carboxylic acids is 2. The topological polar surface area (TPSA) is 67.9 Å². The molecule has 0 spiro atoms. The number of amides is 2. The molecule has 0 bridgehead atoms. The van der Waals surface area contributed by atoms with Crippen molar-refractivity contribution in [3.05, 3.63) is 101 Å². The number of ether oxygens (including phenoxy) is 2. The Kier molecular flexibility index (Phi) is 7.02. The van der Waals surface area contributed by atoms with Gasteiger partial charge in [-0.1, -0.05) is 66.7 Å². The molecule has 0 aliphatic carbocycles. The summed E-state index contributed by atoms with van der Waals surface area (Å²) in [6.07, 6.45) is 0.650. The summed E-state index contributed by atoms with van der Waals surface area (Å²) >= 11 is 0. The predicted octanol–water partition coefficient (Wildman–Crippen LogP) is 5.17. The summed E-state index contributed by atoms with van der Waals surface area (Å²) in [6, 6.07) is 25.0. The molecule has 32 heavy (non-hydrogen) atoms. The predicted molar refractivity (Wildman–Crippen MR) is 122 cm³/mol. The molecule has 6 nitrogen and oxygen atoms in total. The molecule has 1 aliphatic rings. The van der Waals surface area contributed by atoms with E-state index in [0.717, 1.165) is 23.1 Å². The van der Waals surface area contributed by atoms with E-state index in [1.807, 2.05) is 78.9 Å². The number of carbonyl (C=O) groups is 2. The molecule has 3 aromatic carbocycles. The fraction of sp³-hybridized carbons (Fsp3) is 0.231. The Labute approximate surface area is 187 Å². The molecule has 1 N–H and O–H groups in total. The summed E-state index contributed by atoms with van der Waals surface area (Å²) in [4.78, 5) is 26.4. The van der Waals surface area contributed by atoms with E-state index in [2.05, 4.69) is 5.32 Å². The van der Waals surface area contributed by atoms with E-state index in [1.165, 1.54) is 5.56 Å². The quantitative estimate of drug-likeness (QED) is 0.606. The second kappa shape index (κ2) is 10.5. The average Bonchev–Trinajstić information content (AvgIpc) is 3.05. The highest BCUT2D eigenvalue weighted by Gasteiger charge is 2.20. The third-order valence-electron chi connectivity index (χ3n) is 5.43. The van der Waals surface area contributed by atoms with Crippen LogP contribution in [-0.4, -0.2) is 30.2 Å². The number of anilines is 1. The molecule has 0 aromatic heterocycles. The van der Waals surface area contributed by atoms with Gasteiger partial charge in [-0.15, -0.1) is 0 Å². The number of rotatable bonds is 5. The number of hydrogen-bond donors (Lipinski definition) is 1. The maximum Gasteiger partial charge on any atom is 0.411 e. The number of fused-ring (bicyclic) bond motifs is 1. The van der Waals surface area contributed by atoms with Gasteiger partial charge < -0.3 is 14.4 Å². The highest BCUT2D eigenvalue weighted by molar-refractivity contribution is 5.84. The highest BCUT2D eigenvalue weighted by atomic mass is 16.6. The van der Waals surface area contributed by atoms with Crippen LogP contribution in [-0.2, 0) is 35.5 Å². The Morgan fingerprint density at radius 3 is 2.00 bits per heavy atom. The SMILES string of the molecule is O=C(Nc1ccc2c(c1)CCN(C(=O)OCc1ccccc1)CC2)OCc1ccccc1. The summed E-state index contributed by atoms with van der Waals surface area (Å²) in [5, 5.41) is 2.79. The van der Waals surface area contributed by atoms with E-state index in [4.69, 9.17) is 9.47 Å². The van der Waals surface area contributed by atoms with E-state index in [1.54, 1.807) is 4.90 Å². The van der Waals surface area contributed by atoms with Crippen molar-refractivity contribution in [2.75, 3.05) is 18.4 Å². The van der Waals surface area contributed by atoms with Gasteiger partial charge in [0.25, 0.3) is 0 Å². The summed E-state index contributed by atoms with van der Waals surface area (Å²) < 4.78 is 10.8. The molecule has 0 fully saturated rings. The zero-order chi connectivity index (χ0) is 22.2. The molecule has 2 amide bonds. The third-order valence-corrected chi connectivity index (χ3v) is 5.43. The highest BCUT2D eigenvalue weighted by Crippen LogP contribution is 2.21. The van der Waals surface area contributed by atoms with Crippen molar-refractivity contribution in [2.45, 2.75) is 26.1 Å². The molecule has 0 saturated heterocycles. The Morgan fingerprint density at radius 1 is 0.750 bits per heavy atom. The van der Waals surface area contributed by atoms with Crippen LogP contribution in [0.1, 0.15) is 22.3 Å². The van der Waals surface area contributed by atoms with Crippen LogP contribution >= 0.6 is 0 Å². The molecule has 1 aliphatic heterocycles. The molecule has 0 saturated carbocycles. The minimum atomic E-state index is -0.492. The monoisotopic (exact) mass is 430 g/mol. The molecule has 6 heteroatoms. The Balaban J connectivity index is 1.29. The second-order valence-electron chi connectivity index (χ2n) is 7.70. The largest absolute Gasteiger partial charge is 0.445 e. The maximum atomic E-state index is 12.5. The van der Waals surface area contributed by atoms with Gasteiger partial charge in [0.15, 0.2) is 0 Å². The van der Waals surface area contributed by atoms with E-state index >= 15 is 0 Å². The summed E-state index contributed by atoms with van der Waals surface area (Å²) in [5.41, 5.74) is 4.87. The fourth-order valence-electron chi connectivity index (χ4n) is 3.67. The molecule has 3 aromatic rings. The van der Waals surface area contributed by atoms with Crippen molar-refractivity contribution in [1.82, 2.24) is 4.90 Å². The van der Waals surface area contributed by atoms with Crippen molar-refractivity contribution in [3.63, 3.8) is 0 Å². The van der Waals surface area contributed by atoms with Crippen molar-refractivity contribution < 1.29 is 19.1 Å². The van der Waals surface area contributed by atoms with Crippen LogP contribution in [0, 0.1) is 0 Å². The van der Waals surface area contributed by atoms with Crippen LogP contribution in [0.3, 0.4) is 0 Å². The van der Waals surface area contributed by atoms with Gasteiger partial charge in [0.2, 0.25) is 0 Å². The van der Waals surface area contributed by atoms with Crippen LogP contribution in [0.5, 0.6) is 0 Å². The van der Waals surface area contributed by atoms with Gasteiger partial charge in [-0.05, 0) is 47.2 Å². The van der Waals surface area contributed by atoms with Gasteiger partial charge >= 0.3 is 12.2 Å². The number of nitrogens with zero attached hydrogens (tertiary/aromatic N) is 1. The molecular formula is C26H26N2O4. The summed E-state index contributed by atoms with van der Waals surface area (Å²) in [5.74, 6) is 0. The van der Waals surface area contributed by atoms with Gasteiger partial charge in [-0.2, -0.15) is 0 Å². The van der Waals surface area contributed by atoms with Gasteiger partial charge in [0.05, 0.1) is 0 Å². The fourth-order valence-corrected chi connectivity index (χ4v) is 3.67. The molecule has 0 unspecified atom stereocenters. The van der Waals surface area contributed by atoms with Crippen molar-refractivity contribution in [1.29, 1.82) is 0 Å². The number of benzene rings is 3. The minimum Gasteiger partial charge on any atom is -0.445 e. The van der Waals surface area contributed by atoms with Crippen molar-refractivity contribution >= 4 is 17.9 Å². The first-order chi connectivity index (χ1) is 15.7. The lowest BCUT2D eigenvalue weighted by molar-refractivity contribution is 0.0977. The molecular weight excluding hydrogens is 404 g/mol. The summed E-state index contributed by atoms with van der Waals surface area (Å²) in [6.45, 7) is 1.66. The Hall–Kier alpha value is -3.80. The van der Waals surface area contributed by atoms with Gasteiger partial charge in [-0.25, -0.2) is 9.59 Å². The minimum absolute atomic E-state index is 0.220. The van der Waals surface area contributed by atoms with E-state index in [-0.39, 0.29) is 19.3 Å². The zero-order valence-corrected chi connectivity index (χ0v) is 17.8. The molecule has 1 heterocycles. The van der Waals surface area contributed by atoms with Crippen LogP contribution in [0.2, 0.25) is 0 Å². The molecule has 0 atom stereocenters. The smallest absolute Gasteiger partial charge is 0.411 e. The van der Waals surface area contributed by atoms with Crippen LogP contribution in [0.4, 0.5) is 15.3 Å². The van der Waals surface area contributed by atoms with Crippen molar-refractivity contribution in [3.8, 4) is 0 Å². The number of hydrogen-bond acceptors (Lipinski definition) is 4. The first kappa shape index (κ1) is 21.4. The van der Waals surface area contributed by atoms with E-state index in [0.29, 0.717) is 25.2 Å². The van der Waals surface area contributed by atoms with E-state index < -0.39 is 6.09 Å². The third kappa shape index (κ3) is 5.88. The molecule has 4 rings (SSSR count). The number of nitrogens with one attached hydrogen (secondary N) is 1. The zero-order valence-electron chi connectivity index (χ0n) is 17.8. The average molecular weight is 431 g/mol. The Bertz CT molecular complexity index is 1050. The first-order valence-corrected chi connectivity index (χ1v) is 10.7. The first-order valence-electron chi connectivity index (χ1n) is 10.7. The van der Waals surface area contributed by atoms with Crippen LogP contribution < -0.4 is 5.32 Å². The van der Waals surface area contributed by atoms with Crippen LogP contribution in [0.25, 0.3) is 0 Å².